The quantitative estimate of drug-likeness (QED) is 0.736. The normalized spacial score (nSPS) is 11.1. The Kier molecular flexibility index (Phi) is 3.88. The Morgan fingerprint density at radius 1 is 1.40 bits per heavy atom. The van der Waals surface area contributed by atoms with Gasteiger partial charge in [0.2, 0.25) is 5.16 Å². The van der Waals surface area contributed by atoms with Gasteiger partial charge in [0.15, 0.2) is 5.82 Å². The molecule has 0 aromatic carbocycles. The zero-order chi connectivity index (χ0) is 13.9. The fourth-order valence-corrected chi connectivity index (χ4v) is 3.34. The standard InChI is InChI=1S/C13H15N5S2/c1-9-8-10(2)18(17-9)5-7-20-13-14-12(15-16-13)11-4-3-6-19-11/h3-4,6,8H,5,7H2,1-2H3,(H,14,15,16). The Hall–Kier alpha value is -1.60. The van der Waals surface area contributed by atoms with E-state index in [9.17, 15) is 0 Å². The van der Waals surface area contributed by atoms with E-state index in [1.165, 1.54) is 5.69 Å². The minimum atomic E-state index is 0.787. The van der Waals surface area contributed by atoms with Crippen molar-refractivity contribution in [1.29, 1.82) is 0 Å². The molecule has 0 radical (unpaired) electrons. The van der Waals surface area contributed by atoms with E-state index in [2.05, 4.69) is 33.3 Å². The Bertz CT molecular complexity index is 684. The number of thioether (sulfide) groups is 1. The smallest absolute Gasteiger partial charge is 0.208 e. The minimum Gasteiger partial charge on any atom is -0.269 e. The first-order valence-corrected chi connectivity index (χ1v) is 8.19. The number of aromatic amines is 1. The monoisotopic (exact) mass is 305 g/mol. The van der Waals surface area contributed by atoms with E-state index < -0.39 is 0 Å². The largest absolute Gasteiger partial charge is 0.269 e. The van der Waals surface area contributed by atoms with Gasteiger partial charge in [0.25, 0.3) is 0 Å². The van der Waals surface area contributed by atoms with Gasteiger partial charge in [-0.3, -0.25) is 9.78 Å². The average Bonchev–Trinajstić information content (AvgIpc) is 3.12. The van der Waals surface area contributed by atoms with Crippen molar-refractivity contribution in [2.45, 2.75) is 25.5 Å². The second-order valence-electron chi connectivity index (χ2n) is 4.44. The number of hydrogen-bond donors (Lipinski definition) is 1. The van der Waals surface area contributed by atoms with Crippen LogP contribution in [0.5, 0.6) is 0 Å². The first-order chi connectivity index (χ1) is 9.72. The van der Waals surface area contributed by atoms with E-state index in [0.717, 1.165) is 33.8 Å². The molecule has 0 aliphatic carbocycles. The highest BCUT2D eigenvalue weighted by molar-refractivity contribution is 7.99. The van der Waals surface area contributed by atoms with Crippen LogP contribution in [-0.4, -0.2) is 30.7 Å². The van der Waals surface area contributed by atoms with Gasteiger partial charge in [0.05, 0.1) is 17.1 Å². The van der Waals surface area contributed by atoms with Crippen LogP contribution in [0.2, 0.25) is 0 Å². The number of hydrogen-bond acceptors (Lipinski definition) is 5. The van der Waals surface area contributed by atoms with Crippen LogP contribution < -0.4 is 0 Å². The van der Waals surface area contributed by atoms with Crippen molar-refractivity contribution in [3.05, 3.63) is 35.0 Å². The van der Waals surface area contributed by atoms with Crippen LogP contribution in [0.25, 0.3) is 10.7 Å². The molecule has 0 spiro atoms. The molecule has 3 aromatic rings. The number of nitrogens with one attached hydrogen (secondary N) is 1. The summed E-state index contributed by atoms with van der Waals surface area (Å²) in [5.41, 5.74) is 2.25. The number of aromatic nitrogens is 5. The molecule has 0 atom stereocenters. The lowest BCUT2D eigenvalue weighted by Gasteiger charge is -2.01. The summed E-state index contributed by atoms with van der Waals surface area (Å²) in [7, 11) is 0. The van der Waals surface area contributed by atoms with Gasteiger partial charge >= 0.3 is 0 Å². The third-order valence-corrected chi connectivity index (χ3v) is 4.56. The van der Waals surface area contributed by atoms with Crippen LogP contribution in [0.3, 0.4) is 0 Å². The molecule has 1 N–H and O–H groups in total. The van der Waals surface area contributed by atoms with E-state index in [4.69, 9.17) is 0 Å². The van der Waals surface area contributed by atoms with Crippen molar-refractivity contribution in [3.63, 3.8) is 0 Å². The lowest BCUT2D eigenvalue weighted by molar-refractivity contribution is 0.640. The van der Waals surface area contributed by atoms with E-state index >= 15 is 0 Å². The van der Waals surface area contributed by atoms with Crippen molar-refractivity contribution < 1.29 is 0 Å². The highest BCUT2D eigenvalue weighted by atomic mass is 32.2. The molecule has 0 amide bonds. The fraction of sp³-hybridized carbons (Fsp3) is 0.308. The average molecular weight is 305 g/mol. The molecular weight excluding hydrogens is 290 g/mol. The molecule has 3 heterocycles. The Morgan fingerprint density at radius 2 is 2.30 bits per heavy atom. The second-order valence-corrected chi connectivity index (χ2v) is 6.45. The van der Waals surface area contributed by atoms with Gasteiger partial charge < -0.3 is 0 Å². The molecule has 5 nitrogen and oxygen atoms in total. The zero-order valence-electron chi connectivity index (χ0n) is 11.3. The molecule has 0 bridgehead atoms. The Labute approximate surface area is 125 Å². The summed E-state index contributed by atoms with van der Waals surface area (Å²) in [5.74, 6) is 1.75. The van der Waals surface area contributed by atoms with Crippen molar-refractivity contribution in [1.82, 2.24) is 25.0 Å². The van der Waals surface area contributed by atoms with Crippen LogP contribution in [0.15, 0.2) is 28.7 Å². The van der Waals surface area contributed by atoms with Crippen molar-refractivity contribution in [3.8, 4) is 10.7 Å². The number of nitrogens with zero attached hydrogens (tertiary/aromatic N) is 4. The van der Waals surface area contributed by atoms with Gasteiger partial charge in [-0.25, -0.2) is 4.98 Å². The predicted molar refractivity (Wildman–Crippen MR) is 82.1 cm³/mol. The van der Waals surface area contributed by atoms with Crippen LogP contribution in [0, 0.1) is 13.8 Å². The van der Waals surface area contributed by atoms with Crippen LogP contribution >= 0.6 is 23.1 Å². The van der Waals surface area contributed by atoms with Crippen molar-refractivity contribution >= 4 is 23.1 Å². The lowest BCUT2D eigenvalue weighted by Crippen LogP contribution is -2.04. The highest BCUT2D eigenvalue weighted by Gasteiger charge is 2.07. The lowest BCUT2D eigenvalue weighted by atomic mass is 10.4. The molecule has 104 valence electrons. The van der Waals surface area contributed by atoms with E-state index in [-0.39, 0.29) is 0 Å². The molecule has 3 aromatic heterocycles. The van der Waals surface area contributed by atoms with Gasteiger partial charge in [0, 0.05) is 11.4 Å². The van der Waals surface area contributed by atoms with E-state index in [0.29, 0.717) is 0 Å². The molecule has 3 rings (SSSR count). The molecular formula is C13H15N5S2. The molecule has 0 unspecified atom stereocenters. The second kappa shape index (κ2) is 5.80. The summed E-state index contributed by atoms with van der Waals surface area (Å²) < 4.78 is 2.02. The summed E-state index contributed by atoms with van der Waals surface area (Å²) in [6, 6.07) is 6.14. The number of thiophene rings is 1. The SMILES string of the molecule is Cc1cc(C)n(CCSc2n[nH]c(-c3cccs3)n2)n1. The summed E-state index contributed by atoms with van der Waals surface area (Å²) in [6.07, 6.45) is 0. The zero-order valence-corrected chi connectivity index (χ0v) is 13.0. The van der Waals surface area contributed by atoms with Gasteiger partial charge in [-0.2, -0.15) is 5.10 Å². The number of rotatable bonds is 5. The number of aryl methyl sites for hydroxylation is 3. The van der Waals surface area contributed by atoms with Crippen LogP contribution in [0.1, 0.15) is 11.4 Å². The molecule has 0 saturated heterocycles. The van der Waals surface area contributed by atoms with Gasteiger partial charge in [-0.15, -0.1) is 16.4 Å². The summed E-state index contributed by atoms with van der Waals surface area (Å²) in [4.78, 5) is 5.60. The third-order valence-electron chi connectivity index (χ3n) is 2.86. The Balaban J connectivity index is 1.58. The maximum Gasteiger partial charge on any atom is 0.208 e. The predicted octanol–water partition coefficient (Wildman–Crippen LogP) is 3.14. The third kappa shape index (κ3) is 2.94. The van der Waals surface area contributed by atoms with Gasteiger partial charge in [-0.05, 0) is 31.4 Å². The van der Waals surface area contributed by atoms with Crippen LogP contribution in [0.4, 0.5) is 0 Å². The molecule has 0 saturated carbocycles. The van der Waals surface area contributed by atoms with Crippen LogP contribution in [-0.2, 0) is 6.54 Å². The molecule has 0 aliphatic rings. The first-order valence-electron chi connectivity index (χ1n) is 6.32. The summed E-state index contributed by atoms with van der Waals surface area (Å²) >= 11 is 3.30. The van der Waals surface area contributed by atoms with Crippen molar-refractivity contribution in [2.75, 3.05) is 5.75 Å². The van der Waals surface area contributed by atoms with E-state index in [1.807, 2.05) is 29.1 Å². The maximum absolute atomic E-state index is 4.49. The minimum absolute atomic E-state index is 0.787. The topological polar surface area (TPSA) is 59.4 Å². The van der Waals surface area contributed by atoms with Gasteiger partial charge in [0.1, 0.15) is 0 Å². The van der Waals surface area contributed by atoms with E-state index in [1.54, 1.807) is 23.1 Å². The summed E-state index contributed by atoms with van der Waals surface area (Å²) in [5, 5.41) is 14.5. The maximum atomic E-state index is 4.49. The Morgan fingerprint density at radius 3 is 3.00 bits per heavy atom. The molecule has 7 heteroatoms. The first kappa shape index (κ1) is 13.4. The molecule has 0 fully saturated rings. The van der Waals surface area contributed by atoms with Gasteiger partial charge in [-0.1, -0.05) is 17.8 Å². The summed E-state index contributed by atoms with van der Waals surface area (Å²) in [6.45, 7) is 4.96. The fourth-order valence-electron chi connectivity index (χ4n) is 1.96. The van der Waals surface area contributed by atoms with Crippen molar-refractivity contribution in [2.24, 2.45) is 0 Å². The number of H-pyrrole nitrogens is 1. The highest BCUT2D eigenvalue weighted by Crippen LogP contribution is 2.23. The molecule has 0 aliphatic heterocycles. The molecule has 20 heavy (non-hydrogen) atoms.